The first-order valence-electron chi connectivity index (χ1n) is 9.74. The smallest absolute Gasteiger partial charge is 0.262 e. The van der Waals surface area contributed by atoms with Crippen molar-refractivity contribution in [3.8, 4) is 5.75 Å². The number of hydrogen-bond donors (Lipinski definition) is 3. The van der Waals surface area contributed by atoms with Gasteiger partial charge >= 0.3 is 0 Å². The van der Waals surface area contributed by atoms with E-state index < -0.39 is 10.0 Å². The zero-order chi connectivity index (χ0) is 21.6. The Balaban J connectivity index is 1.52. The lowest BCUT2D eigenvalue weighted by atomic mass is 10.2. The second kappa shape index (κ2) is 9.73. The highest BCUT2D eigenvalue weighted by Gasteiger charge is 2.22. The lowest BCUT2D eigenvalue weighted by molar-refractivity contribution is -0.118. The first-order valence-corrected chi connectivity index (χ1v) is 11.2. The predicted molar refractivity (Wildman–Crippen MR) is 114 cm³/mol. The van der Waals surface area contributed by atoms with Crippen molar-refractivity contribution in [2.75, 3.05) is 17.2 Å². The lowest BCUT2D eigenvalue weighted by Gasteiger charge is -2.13. The van der Waals surface area contributed by atoms with Gasteiger partial charge in [-0.1, -0.05) is 18.9 Å². The summed E-state index contributed by atoms with van der Waals surface area (Å²) in [5.74, 6) is -0.197. The Morgan fingerprint density at radius 3 is 2.27 bits per heavy atom. The molecule has 0 heterocycles. The Kier molecular flexibility index (Phi) is 7.07. The van der Waals surface area contributed by atoms with Crippen molar-refractivity contribution < 1.29 is 22.7 Å². The van der Waals surface area contributed by atoms with Gasteiger partial charge in [0.05, 0.1) is 4.90 Å². The molecule has 0 spiro atoms. The maximum atomic E-state index is 12.4. The third kappa shape index (κ3) is 6.30. The molecule has 160 valence electrons. The summed E-state index contributed by atoms with van der Waals surface area (Å²) in [5.41, 5.74) is 1.10. The maximum Gasteiger partial charge on any atom is 0.262 e. The Morgan fingerprint density at radius 2 is 1.63 bits per heavy atom. The van der Waals surface area contributed by atoms with Gasteiger partial charge < -0.3 is 15.4 Å². The van der Waals surface area contributed by atoms with Gasteiger partial charge in [0.15, 0.2) is 6.61 Å². The van der Waals surface area contributed by atoms with Gasteiger partial charge in [0.2, 0.25) is 15.9 Å². The number of amides is 2. The largest absolute Gasteiger partial charge is 0.484 e. The van der Waals surface area contributed by atoms with Crippen LogP contribution < -0.4 is 20.1 Å². The van der Waals surface area contributed by atoms with E-state index in [1.807, 2.05) is 0 Å². The molecule has 8 nitrogen and oxygen atoms in total. The fourth-order valence-corrected chi connectivity index (χ4v) is 4.58. The van der Waals surface area contributed by atoms with Crippen molar-refractivity contribution in [3.63, 3.8) is 0 Å². The van der Waals surface area contributed by atoms with E-state index in [9.17, 15) is 18.0 Å². The number of benzene rings is 2. The van der Waals surface area contributed by atoms with E-state index in [1.54, 1.807) is 24.3 Å². The molecule has 0 aromatic heterocycles. The second-order valence-corrected chi connectivity index (χ2v) is 8.89. The summed E-state index contributed by atoms with van der Waals surface area (Å²) in [6.07, 6.45) is 3.81. The molecular formula is C21H25N3O5S. The van der Waals surface area contributed by atoms with Crippen LogP contribution in [0.2, 0.25) is 0 Å². The Labute approximate surface area is 176 Å². The summed E-state index contributed by atoms with van der Waals surface area (Å²) in [5, 5.41) is 5.32. The molecule has 2 amide bonds. The van der Waals surface area contributed by atoms with E-state index in [4.69, 9.17) is 4.74 Å². The van der Waals surface area contributed by atoms with Gasteiger partial charge in [0.25, 0.3) is 5.91 Å². The van der Waals surface area contributed by atoms with Gasteiger partial charge in [-0.15, -0.1) is 0 Å². The van der Waals surface area contributed by atoms with Crippen molar-refractivity contribution in [1.82, 2.24) is 4.72 Å². The normalized spacial score (nSPS) is 14.3. The summed E-state index contributed by atoms with van der Waals surface area (Å²) in [6.45, 7) is 1.16. The Morgan fingerprint density at radius 1 is 1.00 bits per heavy atom. The van der Waals surface area contributed by atoms with Crippen molar-refractivity contribution >= 4 is 33.2 Å². The van der Waals surface area contributed by atoms with Crippen LogP contribution >= 0.6 is 0 Å². The molecular weight excluding hydrogens is 406 g/mol. The van der Waals surface area contributed by atoms with Crippen LogP contribution in [-0.2, 0) is 19.6 Å². The lowest BCUT2D eigenvalue weighted by Crippen LogP contribution is -2.32. The maximum absolute atomic E-state index is 12.4. The van der Waals surface area contributed by atoms with Crippen LogP contribution in [0.25, 0.3) is 0 Å². The molecule has 0 radical (unpaired) electrons. The molecule has 0 unspecified atom stereocenters. The zero-order valence-corrected chi connectivity index (χ0v) is 17.5. The standard InChI is InChI=1S/C21H25N3O5S/c1-15(25)22-17-7-4-8-18(13-17)23-21(26)14-29-19-9-11-20(12-10-19)30(27,28)24-16-5-2-3-6-16/h4,7-13,16,24H,2-3,5-6,14H2,1H3,(H,22,25)(H,23,26). The van der Waals surface area contributed by atoms with Gasteiger partial charge in [-0.2, -0.15) is 0 Å². The van der Waals surface area contributed by atoms with E-state index in [0.29, 0.717) is 17.1 Å². The average Bonchev–Trinajstić information content (AvgIpc) is 3.19. The molecule has 0 atom stereocenters. The molecule has 0 bridgehead atoms. The van der Waals surface area contributed by atoms with Crippen molar-refractivity contribution in [1.29, 1.82) is 0 Å². The molecule has 0 saturated heterocycles. The number of ether oxygens (including phenoxy) is 1. The molecule has 1 aliphatic rings. The van der Waals surface area contributed by atoms with Crippen molar-refractivity contribution in [2.24, 2.45) is 0 Å². The average molecular weight is 432 g/mol. The molecule has 1 fully saturated rings. The predicted octanol–water partition coefficient (Wildman–Crippen LogP) is 2.88. The van der Waals surface area contributed by atoms with E-state index >= 15 is 0 Å². The van der Waals surface area contributed by atoms with Crippen LogP contribution in [0.4, 0.5) is 11.4 Å². The molecule has 30 heavy (non-hydrogen) atoms. The van der Waals surface area contributed by atoms with Crippen molar-refractivity contribution in [3.05, 3.63) is 48.5 Å². The molecule has 0 aliphatic heterocycles. The third-order valence-electron chi connectivity index (χ3n) is 4.65. The number of carbonyl (C=O) groups is 2. The summed E-state index contributed by atoms with van der Waals surface area (Å²) in [7, 11) is -3.56. The van der Waals surface area contributed by atoms with Gasteiger partial charge in [0.1, 0.15) is 5.75 Å². The third-order valence-corrected chi connectivity index (χ3v) is 6.18. The summed E-state index contributed by atoms with van der Waals surface area (Å²) < 4.78 is 33.0. The number of nitrogens with one attached hydrogen (secondary N) is 3. The van der Waals surface area contributed by atoms with Crippen LogP contribution in [0, 0.1) is 0 Å². The number of hydrogen-bond acceptors (Lipinski definition) is 5. The Bertz CT molecular complexity index is 1000. The molecule has 9 heteroatoms. The van der Waals surface area contributed by atoms with Crippen LogP contribution in [0.5, 0.6) is 5.75 Å². The van der Waals surface area contributed by atoms with E-state index in [1.165, 1.54) is 31.2 Å². The molecule has 3 rings (SSSR count). The minimum Gasteiger partial charge on any atom is -0.484 e. The molecule has 1 aliphatic carbocycles. The molecule has 2 aromatic rings. The van der Waals surface area contributed by atoms with E-state index in [0.717, 1.165) is 25.7 Å². The molecule has 3 N–H and O–H groups in total. The quantitative estimate of drug-likeness (QED) is 0.595. The fraction of sp³-hybridized carbons (Fsp3) is 0.333. The number of sulfonamides is 1. The van der Waals surface area contributed by atoms with Crippen LogP contribution in [0.3, 0.4) is 0 Å². The fourth-order valence-electron chi connectivity index (χ4n) is 3.27. The number of anilines is 2. The first kappa shape index (κ1) is 21.8. The molecule has 2 aromatic carbocycles. The SMILES string of the molecule is CC(=O)Nc1cccc(NC(=O)COc2ccc(S(=O)(=O)NC3CCCC3)cc2)c1. The van der Waals surface area contributed by atoms with Gasteiger partial charge in [-0.3, -0.25) is 9.59 Å². The summed E-state index contributed by atoms with van der Waals surface area (Å²) in [6, 6.07) is 12.7. The van der Waals surface area contributed by atoms with Gasteiger partial charge in [0, 0.05) is 24.3 Å². The zero-order valence-electron chi connectivity index (χ0n) is 16.7. The minimum absolute atomic E-state index is 0.00114. The van der Waals surface area contributed by atoms with Crippen LogP contribution in [-0.4, -0.2) is 32.9 Å². The van der Waals surface area contributed by atoms with Crippen molar-refractivity contribution in [2.45, 2.75) is 43.5 Å². The summed E-state index contributed by atoms with van der Waals surface area (Å²) in [4.78, 5) is 23.4. The second-order valence-electron chi connectivity index (χ2n) is 7.17. The first-order chi connectivity index (χ1) is 14.3. The topological polar surface area (TPSA) is 114 Å². The minimum atomic E-state index is -3.56. The number of rotatable bonds is 8. The Hall–Kier alpha value is -2.91. The number of carbonyl (C=O) groups excluding carboxylic acids is 2. The van der Waals surface area contributed by atoms with E-state index in [-0.39, 0.29) is 29.4 Å². The van der Waals surface area contributed by atoms with Crippen LogP contribution in [0.15, 0.2) is 53.4 Å². The van der Waals surface area contributed by atoms with Gasteiger partial charge in [-0.05, 0) is 55.3 Å². The van der Waals surface area contributed by atoms with Gasteiger partial charge in [-0.25, -0.2) is 13.1 Å². The monoisotopic (exact) mass is 431 g/mol. The highest BCUT2D eigenvalue weighted by molar-refractivity contribution is 7.89. The highest BCUT2D eigenvalue weighted by atomic mass is 32.2. The molecule has 1 saturated carbocycles. The highest BCUT2D eigenvalue weighted by Crippen LogP contribution is 2.22. The van der Waals surface area contributed by atoms with E-state index in [2.05, 4.69) is 15.4 Å². The summed E-state index contributed by atoms with van der Waals surface area (Å²) >= 11 is 0. The van der Waals surface area contributed by atoms with Crippen LogP contribution in [0.1, 0.15) is 32.6 Å².